The van der Waals surface area contributed by atoms with Crippen molar-refractivity contribution in [1.29, 1.82) is 0 Å². The van der Waals surface area contributed by atoms with Gasteiger partial charge in [0.15, 0.2) is 0 Å². The molecule has 0 bridgehead atoms. The fourth-order valence-corrected chi connectivity index (χ4v) is 4.08. The van der Waals surface area contributed by atoms with Crippen LogP contribution in [0.4, 0.5) is 4.39 Å². The van der Waals surface area contributed by atoms with E-state index in [1.165, 1.54) is 23.9 Å². The van der Waals surface area contributed by atoms with Crippen LogP contribution in [0.2, 0.25) is 5.02 Å². The molecule has 5 nitrogen and oxygen atoms in total. The van der Waals surface area contributed by atoms with Gasteiger partial charge in [0.1, 0.15) is 5.82 Å². The Balaban J connectivity index is 1.48. The molecule has 0 spiro atoms. The van der Waals surface area contributed by atoms with Gasteiger partial charge in [-0.1, -0.05) is 65.8 Å². The third-order valence-electron chi connectivity index (χ3n) is 4.90. The molecule has 8 heteroatoms. The summed E-state index contributed by atoms with van der Waals surface area (Å²) in [6, 6.07) is 22.5. The normalized spacial score (nSPS) is 11.8. The summed E-state index contributed by atoms with van der Waals surface area (Å²) in [5, 5.41) is 8.97. The van der Waals surface area contributed by atoms with E-state index in [2.05, 4.69) is 10.2 Å². The Hall–Kier alpha value is -3.16. The molecule has 0 fully saturated rings. The second kappa shape index (κ2) is 9.97. The first-order chi connectivity index (χ1) is 15.5. The van der Waals surface area contributed by atoms with Crippen LogP contribution in [0, 0.1) is 5.82 Å². The zero-order valence-corrected chi connectivity index (χ0v) is 18.7. The topological polar surface area (TPSA) is 59.2 Å². The fourth-order valence-electron chi connectivity index (χ4n) is 3.27. The highest BCUT2D eigenvalue weighted by Crippen LogP contribution is 2.30. The summed E-state index contributed by atoms with van der Waals surface area (Å²) in [5.41, 5.74) is 2.50. The summed E-state index contributed by atoms with van der Waals surface area (Å²) in [6.07, 6.45) is 0. The standard InChI is InChI=1S/C24H19ClFN3O2S/c1-29(22(16-5-3-2-4-6-16)17-9-13-20(26)14-10-17)21(30)15-32-24-28-27-23(31-24)18-7-11-19(25)12-8-18/h2-14,22H,15H2,1H3. The van der Waals surface area contributed by atoms with Gasteiger partial charge in [0.05, 0.1) is 11.8 Å². The van der Waals surface area contributed by atoms with E-state index in [-0.39, 0.29) is 23.5 Å². The van der Waals surface area contributed by atoms with Crippen molar-refractivity contribution < 1.29 is 13.6 Å². The highest BCUT2D eigenvalue weighted by molar-refractivity contribution is 7.99. The van der Waals surface area contributed by atoms with Crippen molar-refractivity contribution in [2.24, 2.45) is 0 Å². The summed E-state index contributed by atoms with van der Waals surface area (Å²) < 4.78 is 19.1. The summed E-state index contributed by atoms with van der Waals surface area (Å²) in [7, 11) is 1.73. The Kier molecular flexibility index (Phi) is 6.87. The second-order valence-corrected chi connectivity index (χ2v) is 8.40. The van der Waals surface area contributed by atoms with Gasteiger partial charge < -0.3 is 9.32 Å². The first-order valence-corrected chi connectivity index (χ1v) is 11.2. The van der Waals surface area contributed by atoms with Crippen molar-refractivity contribution in [2.45, 2.75) is 11.3 Å². The molecule has 32 heavy (non-hydrogen) atoms. The molecule has 0 N–H and O–H groups in total. The highest BCUT2D eigenvalue weighted by Gasteiger charge is 2.24. The van der Waals surface area contributed by atoms with Crippen LogP contribution in [0.15, 0.2) is 88.5 Å². The first-order valence-electron chi connectivity index (χ1n) is 9.79. The number of hydrogen-bond donors (Lipinski definition) is 0. The number of carbonyl (C=O) groups excluding carboxylic acids is 1. The molecule has 0 aliphatic rings. The number of hydrogen-bond acceptors (Lipinski definition) is 5. The van der Waals surface area contributed by atoms with E-state index in [4.69, 9.17) is 16.0 Å². The van der Waals surface area contributed by atoms with E-state index < -0.39 is 0 Å². The van der Waals surface area contributed by atoms with E-state index in [0.29, 0.717) is 16.1 Å². The van der Waals surface area contributed by atoms with Crippen molar-refractivity contribution in [1.82, 2.24) is 15.1 Å². The van der Waals surface area contributed by atoms with Crippen molar-refractivity contribution in [2.75, 3.05) is 12.8 Å². The molecular formula is C24H19ClFN3O2S. The zero-order chi connectivity index (χ0) is 22.5. The number of aromatic nitrogens is 2. The summed E-state index contributed by atoms with van der Waals surface area (Å²) in [6.45, 7) is 0. The minimum absolute atomic E-state index is 0.114. The highest BCUT2D eigenvalue weighted by atomic mass is 35.5. The molecule has 1 aromatic heterocycles. The van der Waals surface area contributed by atoms with Gasteiger partial charge in [-0.15, -0.1) is 10.2 Å². The Morgan fingerprint density at radius 1 is 1.00 bits per heavy atom. The predicted octanol–water partition coefficient (Wildman–Crippen LogP) is 5.87. The molecule has 3 aromatic carbocycles. The molecule has 1 heterocycles. The van der Waals surface area contributed by atoms with Gasteiger partial charge in [-0.3, -0.25) is 4.79 Å². The van der Waals surface area contributed by atoms with E-state index >= 15 is 0 Å². The molecule has 4 rings (SSSR count). The van der Waals surface area contributed by atoms with Crippen LogP contribution in [0.5, 0.6) is 0 Å². The molecule has 1 unspecified atom stereocenters. The van der Waals surface area contributed by atoms with Crippen LogP contribution in [0.1, 0.15) is 17.2 Å². The largest absolute Gasteiger partial charge is 0.411 e. The van der Waals surface area contributed by atoms with Gasteiger partial charge >= 0.3 is 0 Å². The first kappa shape index (κ1) is 22.0. The number of nitrogens with zero attached hydrogens (tertiary/aromatic N) is 3. The quantitative estimate of drug-likeness (QED) is 0.318. The predicted molar refractivity (Wildman–Crippen MR) is 123 cm³/mol. The van der Waals surface area contributed by atoms with E-state index in [9.17, 15) is 9.18 Å². The molecule has 1 atom stereocenters. The fraction of sp³-hybridized carbons (Fsp3) is 0.125. The minimum atomic E-state index is -0.350. The van der Waals surface area contributed by atoms with Crippen molar-refractivity contribution >= 4 is 29.3 Å². The zero-order valence-electron chi connectivity index (χ0n) is 17.1. The lowest BCUT2D eigenvalue weighted by molar-refractivity contribution is -0.128. The van der Waals surface area contributed by atoms with Crippen LogP contribution in [-0.2, 0) is 4.79 Å². The van der Waals surface area contributed by atoms with Gasteiger partial charge in [0.25, 0.3) is 5.22 Å². The van der Waals surface area contributed by atoms with Crippen molar-refractivity contribution in [3.63, 3.8) is 0 Å². The second-order valence-electron chi connectivity index (χ2n) is 7.04. The van der Waals surface area contributed by atoms with E-state index in [1.807, 2.05) is 30.3 Å². The third-order valence-corrected chi connectivity index (χ3v) is 5.95. The molecule has 162 valence electrons. The number of rotatable bonds is 7. The molecule has 0 saturated carbocycles. The third kappa shape index (κ3) is 5.18. The van der Waals surface area contributed by atoms with Crippen molar-refractivity contribution in [3.05, 3.63) is 101 Å². The van der Waals surface area contributed by atoms with Crippen LogP contribution in [0.25, 0.3) is 11.5 Å². The summed E-state index contributed by atoms with van der Waals surface area (Å²) in [5.74, 6) is 0.0272. The summed E-state index contributed by atoms with van der Waals surface area (Å²) >= 11 is 7.08. The Labute approximate surface area is 194 Å². The summed E-state index contributed by atoms with van der Waals surface area (Å²) in [4.78, 5) is 14.7. The van der Waals surface area contributed by atoms with Crippen LogP contribution in [0.3, 0.4) is 0 Å². The smallest absolute Gasteiger partial charge is 0.277 e. The number of carbonyl (C=O) groups is 1. The Bertz CT molecular complexity index is 1180. The molecule has 0 aliphatic carbocycles. The van der Waals surface area contributed by atoms with Crippen LogP contribution >= 0.6 is 23.4 Å². The van der Waals surface area contributed by atoms with Crippen LogP contribution < -0.4 is 0 Å². The molecular weight excluding hydrogens is 449 g/mol. The van der Waals surface area contributed by atoms with Crippen LogP contribution in [-0.4, -0.2) is 33.8 Å². The Morgan fingerprint density at radius 3 is 2.34 bits per heavy atom. The maximum atomic E-state index is 13.5. The van der Waals surface area contributed by atoms with E-state index in [1.54, 1.807) is 48.3 Å². The van der Waals surface area contributed by atoms with Gasteiger partial charge in [0.2, 0.25) is 11.8 Å². The number of thioether (sulfide) groups is 1. The SMILES string of the molecule is CN(C(=O)CSc1nnc(-c2ccc(Cl)cc2)o1)C(c1ccccc1)c1ccc(F)cc1. The monoisotopic (exact) mass is 467 g/mol. The molecule has 0 saturated heterocycles. The molecule has 0 aliphatic heterocycles. The molecule has 4 aromatic rings. The van der Waals surface area contributed by atoms with Gasteiger partial charge in [-0.25, -0.2) is 4.39 Å². The number of amides is 1. The number of benzene rings is 3. The maximum Gasteiger partial charge on any atom is 0.277 e. The lowest BCUT2D eigenvalue weighted by Crippen LogP contribution is -2.33. The van der Waals surface area contributed by atoms with E-state index in [0.717, 1.165) is 16.7 Å². The Morgan fingerprint density at radius 2 is 1.66 bits per heavy atom. The van der Waals surface area contributed by atoms with Gasteiger partial charge in [-0.05, 0) is 47.5 Å². The van der Waals surface area contributed by atoms with Gasteiger partial charge in [-0.2, -0.15) is 0 Å². The van der Waals surface area contributed by atoms with Gasteiger partial charge in [0, 0.05) is 17.6 Å². The van der Waals surface area contributed by atoms with Crippen molar-refractivity contribution in [3.8, 4) is 11.5 Å². The maximum absolute atomic E-state index is 13.5. The molecule has 0 radical (unpaired) electrons. The lowest BCUT2D eigenvalue weighted by Gasteiger charge is -2.29. The lowest BCUT2D eigenvalue weighted by atomic mass is 9.97. The minimum Gasteiger partial charge on any atom is -0.411 e. The average molecular weight is 468 g/mol. The average Bonchev–Trinajstić information content (AvgIpc) is 3.29. The molecule has 1 amide bonds. The number of halogens is 2.